The normalized spacial score (nSPS) is 12.1. The first-order valence-corrected chi connectivity index (χ1v) is 5.46. The van der Waals surface area contributed by atoms with Crippen molar-refractivity contribution in [3.8, 4) is 5.75 Å². The highest BCUT2D eigenvalue weighted by Crippen LogP contribution is 2.36. The number of phenols is 1. The van der Waals surface area contributed by atoms with Crippen molar-refractivity contribution < 1.29 is 18.3 Å². The molecule has 90 valence electrons. The minimum Gasteiger partial charge on any atom is -0.506 e. The third kappa shape index (κ3) is 2.09. The molecule has 2 nitrogen and oxygen atoms in total. The van der Waals surface area contributed by atoms with Crippen LogP contribution in [0.4, 0.5) is 13.2 Å². The van der Waals surface area contributed by atoms with E-state index >= 15 is 0 Å². The van der Waals surface area contributed by atoms with E-state index in [-0.39, 0.29) is 11.3 Å². The van der Waals surface area contributed by atoms with Crippen LogP contribution in [0.1, 0.15) is 11.3 Å². The summed E-state index contributed by atoms with van der Waals surface area (Å²) in [5.74, 6) is 0.0130. The predicted octanol–water partition coefficient (Wildman–Crippen LogP) is 4.03. The van der Waals surface area contributed by atoms with E-state index in [9.17, 15) is 18.3 Å². The van der Waals surface area contributed by atoms with Gasteiger partial charge in [0.15, 0.2) is 0 Å². The smallest absolute Gasteiger partial charge is 0.433 e. The van der Waals surface area contributed by atoms with Crippen LogP contribution in [0, 0.1) is 6.92 Å². The number of hydrogen-bond acceptors (Lipinski definition) is 2. The van der Waals surface area contributed by atoms with Crippen LogP contribution in [0.5, 0.6) is 5.75 Å². The zero-order valence-electron chi connectivity index (χ0n) is 8.64. The van der Waals surface area contributed by atoms with Gasteiger partial charge in [0.05, 0.1) is 9.99 Å². The van der Waals surface area contributed by atoms with E-state index in [4.69, 9.17) is 0 Å². The average Bonchev–Trinajstić information content (AvgIpc) is 2.24. The third-order valence-electron chi connectivity index (χ3n) is 2.39. The molecule has 0 saturated heterocycles. The summed E-state index contributed by atoms with van der Waals surface area (Å²) >= 11 is 3.14. The van der Waals surface area contributed by atoms with Gasteiger partial charge in [-0.05, 0) is 46.6 Å². The van der Waals surface area contributed by atoms with Gasteiger partial charge in [-0.25, -0.2) is 4.98 Å². The Morgan fingerprint density at radius 3 is 2.53 bits per heavy atom. The molecule has 0 atom stereocenters. The van der Waals surface area contributed by atoms with Gasteiger partial charge in [0.1, 0.15) is 11.4 Å². The van der Waals surface area contributed by atoms with Gasteiger partial charge in [0.2, 0.25) is 0 Å². The lowest BCUT2D eigenvalue weighted by molar-refractivity contribution is -0.140. The number of nitrogens with zero attached hydrogens (tertiary/aromatic N) is 1. The van der Waals surface area contributed by atoms with Crippen molar-refractivity contribution >= 4 is 26.8 Å². The Balaban J connectivity index is 2.76. The Labute approximate surface area is 103 Å². The van der Waals surface area contributed by atoms with Gasteiger partial charge < -0.3 is 5.11 Å². The maximum absolute atomic E-state index is 12.5. The summed E-state index contributed by atoms with van der Waals surface area (Å²) in [6, 6.07) is 3.60. The maximum Gasteiger partial charge on any atom is 0.433 e. The molecule has 0 aliphatic heterocycles. The number of hydrogen-bond donors (Lipinski definition) is 1. The van der Waals surface area contributed by atoms with E-state index in [1.54, 1.807) is 6.92 Å². The first-order chi connectivity index (χ1) is 7.80. The largest absolute Gasteiger partial charge is 0.506 e. The molecule has 1 heterocycles. The lowest BCUT2D eigenvalue weighted by Crippen LogP contribution is -2.07. The van der Waals surface area contributed by atoms with Gasteiger partial charge in [-0.1, -0.05) is 0 Å². The molecule has 0 saturated carbocycles. The minimum absolute atomic E-state index is 0.0130. The molecule has 17 heavy (non-hydrogen) atoms. The summed E-state index contributed by atoms with van der Waals surface area (Å²) < 4.78 is 37.8. The molecular formula is C11H7BrF3NO. The van der Waals surface area contributed by atoms with Crippen molar-refractivity contribution in [3.05, 3.63) is 33.9 Å². The van der Waals surface area contributed by atoms with Gasteiger partial charge in [-0.2, -0.15) is 13.2 Å². The van der Waals surface area contributed by atoms with E-state index in [1.165, 1.54) is 12.1 Å². The zero-order chi connectivity index (χ0) is 12.8. The van der Waals surface area contributed by atoms with E-state index in [1.807, 2.05) is 0 Å². The molecule has 0 fully saturated rings. The molecular weight excluding hydrogens is 299 g/mol. The van der Waals surface area contributed by atoms with E-state index in [2.05, 4.69) is 20.9 Å². The second kappa shape index (κ2) is 3.87. The Bertz CT molecular complexity index is 595. The molecule has 0 bridgehead atoms. The van der Waals surface area contributed by atoms with Crippen molar-refractivity contribution in [1.29, 1.82) is 0 Å². The minimum atomic E-state index is -4.47. The fraction of sp³-hybridized carbons (Fsp3) is 0.182. The second-order valence-electron chi connectivity index (χ2n) is 3.62. The number of halogens is 4. The number of benzene rings is 1. The number of aryl methyl sites for hydroxylation is 1. The van der Waals surface area contributed by atoms with Gasteiger partial charge in [-0.15, -0.1) is 0 Å². The quantitative estimate of drug-likeness (QED) is 0.797. The summed E-state index contributed by atoms with van der Waals surface area (Å²) in [4.78, 5) is 3.54. The van der Waals surface area contributed by atoms with Crippen molar-refractivity contribution in [2.75, 3.05) is 0 Å². The predicted molar refractivity (Wildman–Crippen MR) is 60.8 cm³/mol. The molecule has 0 radical (unpaired) electrons. The third-order valence-corrected chi connectivity index (χ3v) is 3.19. The van der Waals surface area contributed by atoms with Gasteiger partial charge in [0.25, 0.3) is 0 Å². The van der Waals surface area contributed by atoms with Crippen LogP contribution in [-0.2, 0) is 6.18 Å². The van der Waals surface area contributed by atoms with Crippen LogP contribution < -0.4 is 0 Å². The summed E-state index contributed by atoms with van der Waals surface area (Å²) in [5.41, 5.74) is -0.278. The highest BCUT2D eigenvalue weighted by molar-refractivity contribution is 9.10. The Morgan fingerprint density at radius 2 is 1.94 bits per heavy atom. The van der Waals surface area contributed by atoms with Gasteiger partial charge in [0, 0.05) is 5.39 Å². The van der Waals surface area contributed by atoms with Gasteiger partial charge in [-0.3, -0.25) is 0 Å². The number of pyridine rings is 1. The molecule has 0 amide bonds. The summed E-state index contributed by atoms with van der Waals surface area (Å²) in [5, 5.41) is 10.1. The van der Waals surface area contributed by atoms with E-state index < -0.39 is 11.9 Å². The Morgan fingerprint density at radius 1 is 1.29 bits per heavy atom. The SMILES string of the molecule is Cc1cc2nc(C(F)(F)F)ccc2c(Br)c1O. The summed E-state index contributed by atoms with van der Waals surface area (Å²) in [6.45, 7) is 1.60. The molecule has 1 aromatic carbocycles. The molecule has 1 aromatic heterocycles. The van der Waals surface area contributed by atoms with Crippen molar-refractivity contribution in [2.45, 2.75) is 13.1 Å². The Hall–Kier alpha value is -1.30. The van der Waals surface area contributed by atoms with Crippen LogP contribution in [0.25, 0.3) is 10.9 Å². The number of rotatable bonds is 0. The van der Waals surface area contributed by atoms with E-state index in [0.717, 1.165) is 6.07 Å². The van der Waals surface area contributed by atoms with E-state index in [0.29, 0.717) is 15.4 Å². The molecule has 0 spiro atoms. The van der Waals surface area contributed by atoms with Crippen LogP contribution in [0.15, 0.2) is 22.7 Å². The summed E-state index contributed by atoms with van der Waals surface area (Å²) in [7, 11) is 0. The number of phenolic OH excluding ortho intramolecular Hbond substituents is 1. The fourth-order valence-electron chi connectivity index (χ4n) is 1.50. The van der Waals surface area contributed by atoms with Crippen molar-refractivity contribution in [3.63, 3.8) is 0 Å². The van der Waals surface area contributed by atoms with Crippen LogP contribution in [0.2, 0.25) is 0 Å². The number of aromatic nitrogens is 1. The standard InChI is InChI=1S/C11H7BrF3NO/c1-5-4-7-6(9(12)10(5)17)2-3-8(16-7)11(13,14)15/h2-4,17H,1H3. The molecule has 0 aliphatic carbocycles. The summed E-state index contributed by atoms with van der Waals surface area (Å²) in [6.07, 6.45) is -4.47. The molecule has 0 unspecified atom stereocenters. The average molecular weight is 306 g/mol. The topological polar surface area (TPSA) is 33.1 Å². The highest BCUT2D eigenvalue weighted by Gasteiger charge is 2.32. The first kappa shape index (κ1) is 12.2. The molecule has 2 aromatic rings. The number of alkyl halides is 3. The fourth-order valence-corrected chi connectivity index (χ4v) is 2.15. The maximum atomic E-state index is 12.5. The molecule has 1 N–H and O–H groups in total. The molecule has 2 rings (SSSR count). The molecule has 6 heteroatoms. The lowest BCUT2D eigenvalue weighted by Gasteiger charge is -2.09. The van der Waals surface area contributed by atoms with Gasteiger partial charge >= 0.3 is 6.18 Å². The Kier molecular flexibility index (Phi) is 2.77. The second-order valence-corrected chi connectivity index (χ2v) is 4.41. The number of fused-ring (bicyclic) bond motifs is 1. The number of aromatic hydroxyl groups is 1. The zero-order valence-corrected chi connectivity index (χ0v) is 10.2. The monoisotopic (exact) mass is 305 g/mol. The van der Waals surface area contributed by atoms with Crippen LogP contribution in [-0.4, -0.2) is 10.1 Å². The van der Waals surface area contributed by atoms with Crippen molar-refractivity contribution in [2.24, 2.45) is 0 Å². The van der Waals surface area contributed by atoms with Crippen LogP contribution >= 0.6 is 15.9 Å². The first-order valence-electron chi connectivity index (χ1n) is 4.66. The highest BCUT2D eigenvalue weighted by atomic mass is 79.9. The molecule has 0 aliphatic rings. The van der Waals surface area contributed by atoms with Crippen molar-refractivity contribution in [1.82, 2.24) is 4.98 Å². The van der Waals surface area contributed by atoms with Crippen LogP contribution in [0.3, 0.4) is 0 Å². The lowest BCUT2D eigenvalue weighted by atomic mass is 10.1.